The monoisotopic (exact) mass is 345 g/mol. The number of carbonyl (C=O) groups excluding carboxylic acids is 2. The van der Waals surface area contributed by atoms with E-state index < -0.39 is 5.54 Å². The van der Waals surface area contributed by atoms with E-state index in [1.807, 2.05) is 29.3 Å². The molecule has 0 spiro atoms. The minimum absolute atomic E-state index is 0.0432. The Bertz CT molecular complexity index is 614. The van der Waals surface area contributed by atoms with Crippen LogP contribution in [0.3, 0.4) is 0 Å². The summed E-state index contributed by atoms with van der Waals surface area (Å²) in [6.07, 6.45) is 5.39. The summed E-state index contributed by atoms with van der Waals surface area (Å²) in [6, 6.07) is 5.96. The number of amides is 2. The number of aliphatic hydroxyl groups excluding tert-OH is 1. The molecule has 0 aliphatic carbocycles. The molecule has 6 nitrogen and oxygen atoms in total. The molecule has 2 saturated heterocycles. The first-order valence-electron chi connectivity index (χ1n) is 9.13. The topological polar surface area (TPSA) is 73.7 Å². The summed E-state index contributed by atoms with van der Waals surface area (Å²) in [5.74, 6) is 0.382. The van der Waals surface area contributed by atoms with Crippen molar-refractivity contribution in [3.05, 3.63) is 30.1 Å². The maximum atomic E-state index is 12.8. The van der Waals surface area contributed by atoms with Gasteiger partial charge in [0.25, 0.3) is 0 Å². The molecule has 2 fully saturated rings. The van der Waals surface area contributed by atoms with Crippen LogP contribution in [0.5, 0.6) is 0 Å². The molecule has 136 valence electrons. The summed E-state index contributed by atoms with van der Waals surface area (Å²) < 4.78 is 0. The fourth-order valence-corrected chi connectivity index (χ4v) is 4.27. The summed E-state index contributed by atoms with van der Waals surface area (Å²) in [7, 11) is 0. The lowest BCUT2D eigenvalue weighted by Crippen LogP contribution is -2.53. The second kappa shape index (κ2) is 7.52. The predicted molar refractivity (Wildman–Crippen MR) is 93.8 cm³/mol. The third kappa shape index (κ3) is 3.68. The van der Waals surface area contributed by atoms with Crippen LogP contribution >= 0.6 is 0 Å². The van der Waals surface area contributed by atoms with Crippen molar-refractivity contribution >= 4 is 11.8 Å². The summed E-state index contributed by atoms with van der Waals surface area (Å²) >= 11 is 0. The van der Waals surface area contributed by atoms with Crippen molar-refractivity contribution in [2.24, 2.45) is 0 Å². The molecule has 1 atom stereocenters. The number of piperidine rings is 1. The Kier molecular flexibility index (Phi) is 5.37. The molecule has 2 aliphatic rings. The standard InChI is InChI=1S/C19H27N3O3/c1-15(24)22-10-4-8-19(22,14-23)13-18(25)21-11-6-16(7-12-21)17-5-2-3-9-20-17/h2-3,5,9,16,23H,4,6-8,10-14H2,1H3/t19-/m0/s1. The number of rotatable bonds is 4. The van der Waals surface area contributed by atoms with Crippen LogP contribution in [-0.4, -0.2) is 63.5 Å². The van der Waals surface area contributed by atoms with Gasteiger partial charge < -0.3 is 14.9 Å². The van der Waals surface area contributed by atoms with Crippen LogP contribution in [-0.2, 0) is 9.59 Å². The van der Waals surface area contributed by atoms with Crippen LogP contribution in [0.15, 0.2) is 24.4 Å². The first-order chi connectivity index (χ1) is 12.1. The normalized spacial score (nSPS) is 24.6. The number of pyridine rings is 1. The van der Waals surface area contributed by atoms with Crippen LogP contribution in [0.4, 0.5) is 0 Å². The Balaban J connectivity index is 1.60. The van der Waals surface area contributed by atoms with Crippen LogP contribution in [0.1, 0.15) is 50.6 Å². The maximum Gasteiger partial charge on any atom is 0.225 e. The van der Waals surface area contributed by atoms with Crippen LogP contribution < -0.4 is 0 Å². The third-order valence-corrected chi connectivity index (χ3v) is 5.70. The second-order valence-corrected chi connectivity index (χ2v) is 7.24. The van der Waals surface area contributed by atoms with Crippen LogP contribution in [0.25, 0.3) is 0 Å². The van der Waals surface area contributed by atoms with Gasteiger partial charge in [-0.1, -0.05) is 6.07 Å². The zero-order valence-corrected chi connectivity index (χ0v) is 14.9. The molecular formula is C19H27N3O3. The molecule has 1 N–H and O–H groups in total. The molecule has 0 saturated carbocycles. The number of aliphatic hydroxyl groups is 1. The fourth-order valence-electron chi connectivity index (χ4n) is 4.27. The lowest BCUT2D eigenvalue weighted by molar-refractivity contribution is -0.141. The van der Waals surface area contributed by atoms with Gasteiger partial charge in [0.15, 0.2) is 0 Å². The summed E-state index contributed by atoms with van der Waals surface area (Å²) in [6.45, 7) is 3.41. The average molecular weight is 345 g/mol. The molecule has 0 bridgehead atoms. The third-order valence-electron chi connectivity index (χ3n) is 5.70. The Morgan fingerprint density at radius 3 is 2.64 bits per heavy atom. The number of hydrogen-bond acceptors (Lipinski definition) is 4. The fraction of sp³-hybridized carbons (Fsp3) is 0.632. The lowest BCUT2D eigenvalue weighted by Gasteiger charge is -2.39. The van der Waals surface area contributed by atoms with Crippen LogP contribution in [0.2, 0.25) is 0 Å². The highest BCUT2D eigenvalue weighted by Gasteiger charge is 2.44. The maximum absolute atomic E-state index is 12.8. The van der Waals surface area contributed by atoms with E-state index >= 15 is 0 Å². The molecule has 25 heavy (non-hydrogen) atoms. The SMILES string of the molecule is CC(=O)N1CCC[C@@]1(CO)CC(=O)N1CCC(c2ccccn2)CC1. The highest BCUT2D eigenvalue weighted by atomic mass is 16.3. The molecule has 2 aliphatic heterocycles. The molecule has 6 heteroatoms. The Morgan fingerprint density at radius 2 is 2.04 bits per heavy atom. The zero-order chi connectivity index (χ0) is 17.9. The van der Waals surface area contributed by atoms with Crippen molar-refractivity contribution in [1.82, 2.24) is 14.8 Å². The summed E-state index contributed by atoms with van der Waals surface area (Å²) in [5.41, 5.74) is 0.390. The molecule has 0 unspecified atom stereocenters. The Morgan fingerprint density at radius 1 is 1.28 bits per heavy atom. The largest absolute Gasteiger partial charge is 0.394 e. The van der Waals surface area contributed by atoms with Crippen molar-refractivity contribution in [3.8, 4) is 0 Å². The lowest BCUT2D eigenvalue weighted by atomic mass is 9.89. The van der Waals surface area contributed by atoms with Gasteiger partial charge in [-0.05, 0) is 37.8 Å². The highest BCUT2D eigenvalue weighted by Crippen LogP contribution is 2.34. The number of nitrogens with zero attached hydrogens (tertiary/aromatic N) is 3. The van der Waals surface area contributed by atoms with Gasteiger partial charge >= 0.3 is 0 Å². The van der Waals surface area contributed by atoms with E-state index in [0.717, 1.165) is 25.0 Å². The summed E-state index contributed by atoms with van der Waals surface area (Å²) in [5, 5.41) is 9.90. The average Bonchev–Trinajstić information content (AvgIpc) is 3.07. The van der Waals surface area contributed by atoms with Gasteiger partial charge in [0.05, 0.1) is 18.6 Å². The van der Waals surface area contributed by atoms with Gasteiger partial charge in [0, 0.05) is 44.4 Å². The molecule has 2 amide bonds. The van der Waals surface area contributed by atoms with E-state index in [1.165, 1.54) is 6.92 Å². The minimum atomic E-state index is -0.708. The van der Waals surface area contributed by atoms with E-state index in [0.29, 0.717) is 32.0 Å². The molecular weight excluding hydrogens is 318 g/mol. The quantitative estimate of drug-likeness (QED) is 0.898. The first kappa shape index (κ1) is 17.9. The van der Waals surface area contributed by atoms with E-state index in [2.05, 4.69) is 4.98 Å². The van der Waals surface area contributed by atoms with Gasteiger partial charge in [0.2, 0.25) is 11.8 Å². The molecule has 1 aromatic heterocycles. The first-order valence-corrected chi connectivity index (χ1v) is 9.13. The molecule has 0 aromatic carbocycles. The van der Waals surface area contributed by atoms with E-state index in [9.17, 15) is 14.7 Å². The summed E-state index contributed by atoms with van der Waals surface area (Å²) in [4.78, 5) is 32.6. The van der Waals surface area contributed by atoms with Crippen molar-refractivity contribution < 1.29 is 14.7 Å². The van der Waals surface area contributed by atoms with E-state index in [-0.39, 0.29) is 24.8 Å². The molecule has 1 aromatic rings. The van der Waals surface area contributed by atoms with Crippen molar-refractivity contribution in [2.75, 3.05) is 26.2 Å². The van der Waals surface area contributed by atoms with E-state index in [1.54, 1.807) is 4.90 Å². The number of carbonyl (C=O) groups is 2. The van der Waals surface area contributed by atoms with Gasteiger partial charge in [-0.2, -0.15) is 0 Å². The minimum Gasteiger partial charge on any atom is -0.394 e. The van der Waals surface area contributed by atoms with Crippen LogP contribution in [0, 0.1) is 0 Å². The Hall–Kier alpha value is -1.95. The number of aromatic nitrogens is 1. The molecule has 3 heterocycles. The molecule has 0 radical (unpaired) electrons. The predicted octanol–water partition coefficient (Wildman–Crippen LogP) is 1.55. The highest BCUT2D eigenvalue weighted by molar-refractivity contribution is 5.80. The van der Waals surface area contributed by atoms with Gasteiger partial charge in [-0.25, -0.2) is 0 Å². The van der Waals surface area contributed by atoms with Crippen molar-refractivity contribution in [3.63, 3.8) is 0 Å². The smallest absolute Gasteiger partial charge is 0.225 e. The van der Waals surface area contributed by atoms with Gasteiger partial charge in [-0.3, -0.25) is 14.6 Å². The van der Waals surface area contributed by atoms with E-state index in [4.69, 9.17) is 0 Å². The zero-order valence-electron chi connectivity index (χ0n) is 14.9. The molecule has 3 rings (SSSR count). The number of likely N-dealkylation sites (tertiary alicyclic amines) is 2. The number of hydrogen-bond donors (Lipinski definition) is 1. The Labute approximate surface area is 148 Å². The van der Waals surface area contributed by atoms with Crippen molar-refractivity contribution in [2.45, 2.75) is 50.5 Å². The van der Waals surface area contributed by atoms with Gasteiger partial charge in [0.1, 0.15) is 0 Å². The second-order valence-electron chi connectivity index (χ2n) is 7.24. The van der Waals surface area contributed by atoms with Gasteiger partial charge in [-0.15, -0.1) is 0 Å². The van der Waals surface area contributed by atoms with Crippen molar-refractivity contribution in [1.29, 1.82) is 0 Å².